The number of hydrogen-bond acceptors (Lipinski definition) is 2. The van der Waals surface area contributed by atoms with E-state index in [9.17, 15) is 4.79 Å². The molecule has 0 saturated carbocycles. The van der Waals surface area contributed by atoms with Gasteiger partial charge in [-0.3, -0.25) is 4.79 Å². The lowest BCUT2D eigenvalue weighted by Crippen LogP contribution is -2.45. The van der Waals surface area contributed by atoms with E-state index in [4.69, 9.17) is 0 Å². The standard InChI is InChI=1S/C16H23BrN2O.ClH/c1-11-9-14(6-7-18-11)16(20)19-12(2)8-13-4-3-5-15(17)10-13;/h3-5,10-12,14,18H,6-9H2,1-2H3,(H,19,20);1H/t11-,12?,14-;/m0./s1. The van der Waals surface area contributed by atoms with E-state index in [-0.39, 0.29) is 30.3 Å². The van der Waals surface area contributed by atoms with E-state index < -0.39 is 0 Å². The molecule has 3 atom stereocenters. The highest BCUT2D eigenvalue weighted by Crippen LogP contribution is 2.17. The van der Waals surface area contributed by atoms with Crippen molar-refractivity contribution in [2.75, 3.05) is 6.54 Å². The fourth-order valence-electron chi connectivity index (χ4n) is 2.80. The van der Waals surface area contributed by atoms with E-state index in [2.05, 4.69) is 52.5 Å². The smallest absolute Gasteiger partial charge is 0.223 e. The van der Waals surface area contributed by atoms with Crippen molar-refractivity contribution < 1.29 is 4.79 Å². The third-order valence-electron chi connectivity index (χ3n) is 3.81. The fourth-order valence-corrected chi connectivity index (χ4v) is 3.25. The molecule has 0 bridgehead atoms. The van der Waals surface area contributed by atoms with E-state index in [1.165, 1.54) is 5.56 Å². The predicted octanol–water partition coefficient (Wildman–Crippen LogP) is 3.31. The van der Waals surface area contributed by atoms with Crippen LogP contribution in [-0.2, 0) is 11.2 Å². The summed E-state index contributed by atoms with van der Waals surface area (Å²) in [6.07, 6.45) is 2.75. The Labute approximate surface area is 141 Å². The summed E-state index contributed by atoms with van der Waals surface area (Å²) in [5, 5.41) is 6.54. The Morgan fingerprint density at radius 1 is 1.52 bits per heavy atom. The Bertz CT molecular complexity index is 469. The summed E-state index contributed by atoms with van der Waals surface area (Å²) >= 11 is 3.48. The van der Waals surface area contributed by atoms with Gasteiger partial charge in [-0.1, -0.05) is 28.1 Å². The zero-order valence-electron chi connectivity index (χ0n) is 12.6. The summed E-state index contributed by atoms with van der Waals surface area (Å²) in [6.45, 7) is 5.16. The molecular formula is C16H24BrClN2O. The molecule has 0 radical (unpaired) electrons. The first-order valence-corrected chi connectivity index (χ1v) is 8.12. The van der Waals surface area contributed by atoms with Crippen molar-refractivity contribution in [1.82, 2.24) is 10.6 Å². The van der Waals surface area contributed by atoms with E-state index in [0.29, 0.717) is 6.04 Å². The third kappa shape index (κ3) is 5.97. The van der Waals surface area contributed by atoms with Crippen LogP contribution in [0.1, 0.15) is 32.3 Å². The number of rotatable bonds is 4. The number of piperidine rings is 1. The number of hydrogen-bond donors (Lipinski definition) is 2. The van der Waals surface area contributed by atoms with Crippen molar-refractivity contribution in [3.63, 3.8) is 0 Å². The maximum atomic E-state index is 12.3. The molecule has 2 N–H and O–H groups in total. The zero-order valence-corrected chi connectivity index (χ0v) is 15.0. The van der Waals surface area contributed by atoms with Gasteiger partial charge in [0.05, 0.1) is 0 Å². The van der Waals surface area contributed by atoms with E-state index in [0.717, 1.165) is 30.3 Å². The van der Waals surface area contributed by atoms with Crippen molar-refractivity contribution in [3.05, 3.63) is 34.3 Å². The van der Waals surface area contributed by atoms with Gasteiger partial charge in [0.25, 0.3) is 0 Å². The molecule has 1 amide bonds. The van der Waals surface area contributed by atoms with Crippen LogP contribution >= 0.6 is 28.3 Å². The van der Waals surface area contributed by atoms with Gasteiger partial charge in [0.2, 0.25) is 5.91 Å². The molecule has 2 rings (SSSR count). The Kier molecular flexibility index (Phi) is 7.71. The second-order valence-corrected chi connectivity index (χ2v) is 6.74. The Hall–Kier alpha value is -0.580. The molecule has 1 aromatic rings. The average Bonchev–Trinajstić information content (AvgIpc) is 2.38. The first-order valence-electron chi connectivity index (χ1n) is 7.33. The molecule has 3 nitrogen and oxygen atoms in total. The van der Waals surface area contributed by atoms with Crippen LogP contribution in [0.2, 0.25) is 0 Å². The lowest BCUT2D eigenvalue weighted by Gasteiger charge is -2.28. The first kappa shape index (κ1) is 18.5. The fraction of sp³-hybridized carbons (Fsp3) is 0.562. The minimum Gasteiger partial charge on any atom is -0.353 e. The van der Waals surface area contributed by atoms with Crippen molar-refractivity contribution in [1.29, 1.82) is 0 Å². The van der Waals surface area contributed by atoms with Gasteiger partial charge in [-0.05, 0) is 57.4 Å². The van der Waals surface area contributed by atoms with Gasteiger partial charge in [-0.25, -0.2) is 0 Å². The molecule has 1 fully saturated rings. The highest BCUT2D eigenvalue weighted by Gasteiger charge is 2.25. The molecule has 0 spiro atoms. The monoisotopic (exact) mass is 374 g/mol. The molecule has 21 heavy (non-hydrogen) atoms. The van der Waals surface area contributed by atoms with E-state index in [1.54, 1.807) is 0 Å². The van der Waals surface area contributed by atoms with Gasteiger partial charge < -0.3 is 10.6 Å². The second-order valence-electron chi connectivity index (χ2n) is 5.82. The van der Waals surface area contributed by atoms with Crippen molar-refractivity contribution in [2.24, 2.45) is 5.92 Å². The van der Waals surface area contributed by atoms with Crippen LogP contribution in [0.25, 0.3) is 0 Å². The average molecular weight is 376 g/mol. The topological polar surface area (TPSA) is 41.1 Å². The van der Waals surface area contributed by atoms with Crippen LogP contribution in [0.4, 0.5) is 0 Å². The quantitative estimate of drug-likeness (QED) is 0.847. The predicted molar refractivity (Wildman–Crippen MR) is 92.9 cm³/mol. The van der Waals surface area contributed by atoms with E-state index in [1.807, 2.05) is 12.1 Å². The van der Waals surface area contributed by atoms with Gasteiger partial charge in [0.1, 0.15) is 0 Å². The highest BCUT2D eigenvalue weighted by molar-refractivity contribution is 9.10. The zero-order chi connectivity index (χ0) is 14.5. The summed E-state index contributed by atoms with van der Waals surface area (Å²) in [5.74, 6) is 0.372. The Morgan fingerprint density at radius 2 is 2.29 bits per heavy atom. The molecule has 118 valence electrons. The lowest BCUT2D eigenvalue weighted by molar-refractivity contribution is -0.126. The largest absolute Gasteiger partial charge is 0.353 e. The number of benzene rings is 1. The molecule has 1 aromatic carbocycles. The maximum Gasteiger partial charge on any atom is 0.223 e. The summed E-state index contributed by atoms with van der Waals surface area (Å²) in [7, 11) is 0. The van der Waals surface area contributed by atoms with Gasteiger partial charge in [0, 0.05) is 22.5 Å². The summed E-state index contributed by atoms with van der Waals surface area (Å²) in [6, 6.07) is 8.86. The van der Waals surface area contributed by atoms with Crippen LogP contribution < -0.4 is 10.6 Å². The van der Waals surface area contributed by atoms with Crippen LogP contribution in [0.5, 0.6) is 0 Å². The molecule has 5 heteroatoms. The van der Waals surface area contributed by atoms with Gasteiger partial charge in [0.15, 0.2) is 0 Å². The molecule has 1 aliphatic rings. The number of carbonyl (C=O) groups is 1. The van der Waals surface area contributed by atoms with Gasteiger partial charge in [-0.2, -0.15) is 0 Å². The minimum atomic E-state index is 0. The normalized spacial score (nSPS) is 23.0. The summed E-state index contributed by atoms with van der Waals surface area (Å²) in [4.78, 5) is 12.3. The van der Waals surface area contributed by atoms with Crippen molar-refractivity contribution in [2.45, 2.75) is 45.2 Å². The summed E-state index contributed by atoms with van der Waals surface area (Å²) < 4.78 is 1.08. The molecular weight excluding hydrogens is 352 g/mol. The molecule has 1 unspecified atom stereocenters. The SMILES string of the molecule is CC(Cc1cccc(Br)c1)NC(=O)[C@H]1CCN[C@@H](C)C1.Cl. The third-order valence-corrected chi connectivity index (χ3v) is 4.31. The van der Waals surface area contributed by atoms with Gasteiger partial charge in [-0.15, -0.1) is 12.4 Å². The molecule has 1 aliphatic heterocycles. The van der Waals surface area contributed by atoms with Crippen LogP contribution in [0.15, 0.2) is 28.7 Å². The summed E-state index contributed by atoms with van der Waals surface area (Å²) in [5.41, 5.74) is 1.24. The number of amides is 1. The Morgan fingerprint density at radius 3 is 2.95 bits per heavy atom. The van der Waals surface area contributed by atoms with E-state index >= 15 is 0 Å². The van der Waals surface area contributed by atoms with Crippen molar-refractivity contribution in [3.8, 4) is 0 Å². The molecule has 1 heterocycles. The molecule has 0 aromatic heterocycles. The van der Waals surface area contributed by atoms with Crippen LogP contribution in [0, 0.1) is 5.92 Å². The lowest BCUT2D eigenvalue weighted by atomic mass is 9.92. The second kappa shape index (κ2) is 8.76. The first-order chi connectivity index (χ1) is 9.54. The van der Waals surface area contributed by atoms with Crippen LogP contribution in [-0.4, -0.2) is 24.5 Å². The number of halogens is 2. The number of nitrogens with one attached hydrogen (secondary N) is 2. The Balaban J connectivity index is 0.00000220. The van der Waals surface area contributed by atoms with Crippen molar-refractivity contribution >= 4 is 34.2 Å². The number of carbonyl (C=O) groups excluding carboxylic acids is 1. The molecule has 0 aliphatic carbocycles. The van der Waals surface area contributed by atoms with Crippen LogP contribution in [0.3, 0.4) is 0 Å². The van der Waals surface area contributed by atoms with Gasteiger partial charge >= 0.3 is 0 Å². The minimum absolute atomic E-state index is 0. The maximum absolute atomic E-state index is 12.3. The highest BCUT2D eigenvalue weighted by atomic mass is 79.9. The molecule has 1 saturated heterocycles.